The lowest BCUT2D eigenvalue weighted by molar-refractivity contribution is 0.867. The zero-order chi connectivity index (χ0) is 39.8. The van der Waals surface area contributed by atoms with E-state index in [0.29, 0.717) is 5.92 Å². The van der Waals surface area contributed by atoms with E-state index in [4.69, 9.17) is 0 Å². The summed E-state index contributed by atoms with van der Waals surface area (Å²) >= 11 is 0. The van der Waals surface area contributed by atoms with Crippen molar-refractivity contribution in [2.24, 2.45) is 0 Å². The highest BCUT2D eigenvalue weighted by Gasteiger charge is 2.30. The lowest BCUT2D eigenvalue weighted by Crippen LogP contribution is -2.12. The fourth-order valence-corrected chi connectivity index (χ4v) is 11.5. The summed E-state index contributed by atoms with van der Waals surface area (Å²) in [6.07, 6.45) is 7.95. The Morgan fingerprint density at radius 3 is 1.75 bits per heavy atom. The minimum Gasteiger partial charge on any atom is -0.309 e. The number of para-hydroxylation sites is 1. The zero-order valence-electron chi connectivity index (χ0n) is 33.4. The Bertz CT molecular complexity index is 3930. The molecule has 0 aliphatic heterocycles. The van der Waals surface area contributed by atoms with Gasteiger partial charge in [0.1, 0.15) is 0 Å². The average molecular weight is 772 g/mol. The smallest absolute Gasteiger partial charge is 0.0626 e. The molecular formula is C60H37N. The highest BCUT2D eigenvalue weighted by Crippen LogP contribution is 2.52. The van der Waals surface area contributed by atoms with Gasteiger partial charge < -0.3 is 4.57 Å². The molecule has 1 heterocycles. The van der Waals surface area contributed by atoms with Gasteiger partial charge in [-0.15, -0.1) is 0 Å². The van der Waals surface area contributed by atoms with Crippen LogP contribution in [0.2, 0.25) is 0 Å². The number of rotatable bonds is 2. The van der Waals surface area contributed by atoms with Gasteiger partial charge in [-0.05, 0) is 130 Å². The van der Waals surface area contributed by atoms with Crippen LogP contribution in [0.3, 0.4) is 0 Å². The maximum Gasteiger partial charge on any atom is 0.0626 e. The number of hydrogen-bond donors (Lipinski definition) is 0. The molecule has 0 saturated heterocycles. The lowest BCUT2D eigenvalue weighted by Gasteiger charge is -2.32. The summed E-state index contributed by atoms with van der Waals surface area (Å²) in [5, 5.41) is 18.0. The quantitative estimate of drug-likeness (QED) is 0.154. The molecule has 0 fully saturated rings. The Morgan fingerprint density at radius 2 is 0.984 bits per heavy atom. The fourth-order valence-electron chi connectivity index (χ4n) is 11.5. The molecule has 11 aromatic carbocycles. The normalized spacial score (nSPS) is 14.7. The number of allylic oxidation sites excluding steroid dienone is 4. The molecule has 12 aromatic rings. The van der Waals surface area contributed by atoms with Gasteiger partial charge in [0.05, 0.1) is 11.0 Å². The van der Waals surface area contributed by atoms with E-state index < -0.39 is 0 Å². The second-order valence-corrected chi connectivity index (χ2v) is 17.0. The van der Waals surface area contributed by atoms with E-state index in [1.54, 1.807) is 0 Å². The van der Waals surface area contributed by atoms with Crippen molar-refractivity contribution in [1.82, 2.24) is 4.57 Å². The molecule has 282 valence electrons. The third-order valence-electron chi connectivity index (χ3n) is 14.1. The SMILES string of the molecule is C1=CCC2C(=C1)c1cc(-n3c4ccccc4c4c5c6ccccc6c(-c6ccc7c8ccccc8c8ccccc8c7c6)cc5c5ccccc5c43)ccc1-c1ccccc12. The van der Waals surface area contributed by atoms with E-state index in [1.807, 2.05) is 0 Å². The molecule has 2 aliphatic rings. The molecule has 0 radical (unpaired) electrons. The van der Waals surface area contributed by atoms with Gasteiger partial charge in [-0.3, -0.25) is 0 Å². The van der Waals surface area contributed by atoms with Crippen molar-refractivity contribution in [2.45, 2.75) is 12.3 Å². The minimum atomic E-state index is 0.369. The average Bonchev–Trinajstić information content (AvgIpc) is 3.69. The van der Waals surface area contributed by atoms with Crippen molar-refractivity contribution < 1.29 is 0 Å². The first-order valence-corrected chi connectivity index (χ1v) is 21.5. The van der Waals surface area contributed by atoms with Crippen molar-refractivity contribution in [3.05, 3.63) is 217 Å². The topological polar surface area (TPSA) is 4.93 Å². The molecule has 1 nitrogen and oxygen atoms in total. The van der Waals surface area contributed by atoms with Crippen molar-refractivity contribution in [2.75, 3.05) is 0 Å². The van der Waals surface area contributed by atoms with Gasteiger partial charge in [-0.1, -0.05) is 176 Å². The highest BCUT2D eigenvalue weighted by molar-refractivity contribution is 6.38. The highest BCUT2D eigenvalue weighted by atomic mass is 15.0. The molecule has 0 amide bonds. The van der Waals surface area contributed by atoms with Gasteiger partial charge in [0.15, 0.2) is 0 Å². The van der Waals surface area contributed by atoms with E-state index in [0.717, 1.165) is 6.42 Å². The molecular weight excluding hydrogens is 735 g/mol. The van der Waals surface area contributed by atoms with Crippen LogP contribution in [-0.4, -0.2) is 4.57 Å². The van der Waals surface area contributed by atoms with Crippen LogP contribution in [0.4, 0.5) is 0 Å². The summed E-state index contributed by atoms with van der Waals surface area (Å²) in [4.78, 5) is 0. The van der Waals surface area contributed by atoms with Gasteiger partial charge >= 0.3 is 0 Å². The predicted molar refractivity (Wildman–Crippen MR) is 261 cm³/mol. The molecule has 1 heteroatoms. The standard InChI is InChI=1S/C60H37N/c1-3-19-42-38(15-1)40-17-5-7-21-44(40)54-33-36(29-31-48(42)54)53-35-56-47-24-10-12-26-51(47)60-59(58(56)50-25-11-9-23-46(50)53)52-27-13-14-28-57(52)61(60)37-30-32-49-43-20-4-2-16-39(43)41-18-6-8-22-45(41)55(49)34-37/h1-17,19-35,41H,18H2. The van der Waals surface area contributed by atoms with Gasteiger partial charge in [0.25, 0.3) is 0 Å². The maximum atomic E-state index is 2.56. The van der Waals surface area contributed by atoms with Gasteiger partial charge in [-0.2, -0.15) is 0 Å². The number of hydrogen-bond acceptors (Lipinski definition) is 0. The van der Waals surface area contributed by atoms with Crippen LogP contribution in [-0.2, 0) is 0 Å². The lowest BCUT2D eigenvalue weighted by atomic mass is 9.72. The second kappa shape index (κ2) is 12.4. The summed E-state index contributed by atoms with van der Waals surface area (Å²) < 4.78 is 2.56. The van der Waals surface area contributed by atoms with E-state index in [-0.39, 0.29) is 0 Å². The summed E-state index contributed by atoms with van der Waals surface area (Å²) in [5.74, 6) is 0.369. The van der Waals surface area contributed by atoms with Gasteiger partial charge in [0, 0.05) is 33.2 Å². The molecule has 0 bridgehead atoms. The van der Waals surface area contributed by atoms with Crippen LogP contribution in [0.5, 0.6) is 0 Å². The van der Waals surface area contributed by atoms with Crippen molar-refractivity contribution in [3.8, 4) is 27.9 Å². The number of fused-ring (bicyclic) bond motifs is 22. The molecule has 1 unspecified atom stereocenters. The second-order valence-electron chi connectivity index (χ2n) is 17.0. The zero-order valence-corrected chi connectivity index (χ0v) is 33.4. The maximum absolute atomic E-state index is 2.56. The first-order chi connectivity index (χ1) is 30.3. The van der Waals surface area contributed by atoms with Crippen molar-refractivity contribution in [3.63, 3.8) is 0 Å². The first-order valence-electron chi connectivity index (χ1n) is 21.5. The third-order valence-corrected chi connectivity index (χ3v) is 14.1. The van der Waals surface area contributed by atoms with Crippen LogP contribution in [0.15, 0.2) is 206 Å². The Morgan fingerprint density at radius 1 is 0.377 bits per heavy atom. The minimum absolute atomic E-state index is 0.369. The molecule has 2 aliphatic carbocycles. The van der Waals surface area contributed by atoms with Gasteiger partial charge in [-0.25, -0.2) is 0 Å². The molecule has 0 N–H and O–H groups in total. The molecule has 0 saturated carbocycles. The van der Waals surface area contributed by atoms with Gasteiger partial charge in [0.2, 0.25) is 0 Å². The Kier molecular flexibility index (Phi) is 6.73. The monoisotopic (exact) mass is 771 g/mol. The Labute approximate surface area is 352 Å². The van der Waals surface area contributed by atoms with E-state index in [1.165, 1.54) is 131 Å². The van der Waals surface area contributed by atoms with E-state index in [2.05, 4.69) is 211 Å². The van der Waals surface area contributed by atoms with Crippen molar-refractivity contribution in [1.29, 1.82) is 0 Å². The van der Waals surface area contributed by atoms with Crippen LogP contribution < -0.4 is 0 Å². The Balaban J connectivity index is 1.09. The van der Waals surface area contributed by atoms with E-state index in [9.17, 15) is 0 Å². The van der Waals surface area contributed by atoms with Crippen LogP contribution in [0, 0.1) is 0 Å². The number of nitrogens with zero attached hydrogens (tertiary/aromatic N) is 1. The largest absolute Gasteiger partial charge is 0.309 e. The Hall–Kier alpha value is -7.74. The number of benzene rings is 11. The summed E-state index contributed by atoms with van der Waals surface area (Å²) in [7, 11) is 0. The predicted octanol–water partition coefficient (Wildman–Crippen LogP) is 16.5. The van der Waals surface area contributed by atoms with Crippen LogP contribution in [0.25, 0.3) is 120 Å². The molecule has 14 rings (SSSR count). The molecule has 1 aromatic heterocycles. The van der Waals surface area contributed by atoms with Crippen LogP contribution >= 0.6 is 0 Å². The first kappa shape index (κ1) is 33.1. The molecule has 61 heavy (non-hydrogen) atoms. The summed E-state index contributed by atoms with van der Waals surface area (Å²) in [6.45, 7) is 0. The fraction of sp³-hybridized carbons (Fsp3) is 0.0333. The molecule has 1 atom stereocenters. The van der Waals surface area contributed by atoms with Crippen LogP contribution in [0.1, 0.15) is 23.5 Å². The molecule has 0 spiro atoms. The number of aromatic nitrogens is 1. The summed E-state index contributed by atoms with van der Waals surface area (Å²) in [5.41, 5.74) is 13.0. The summed E-state index contributed by atoms with van der Waals surface area (Å²) in [6, 6.07) is 70.9. The van der Waals surface area contributed by atoms with E-state index >= 15 is 0 Å². The van der Waals surface area contributed by atoms with Crippen molar-refractivity contribution >= 4 is 92.0 Å². The third kappa shape index (κ3) is 4.50.